The molecule has 348 valence electrons. The Morgan fingerprint density at radius 1 is 0.297 bits per heavy atom. The first-order valence-electron chi connectivity index (χ1n) is 24.6. The fourth-order valence-electron chi connectivity index (χ4n) is 10.7. The molecule has 0 N–H and O–H groups in total. The Bertz CT molecular complexity index is 4320. The number of para-hydroxylation sites is 3. The van der Waals surface area contributed by atoms with E-state index in [9.17, 15) is 0 Å². The zero-order valence-electron chi connectivity index (χ0n) is 39.7. The number of anilines is 3. The normalized spacial score (nSPS) is 11.5. The van der Waals surface area contributed by atoms with Gasteiger partial charge in [-0.3, -0.25) is 0 Å². The maximum atomic E-state index is 6.38. The van der Waals surface area contributed by atoms with Gasteiger partial charge in [0.05, 0.1) is 16.7 Å². The molecule has 14 aromatic rings. The lowest BCUT2D eigenvalue weighted by molar-refractivity contribution is 0.584. The van der Waals surface area contributed by atoms with Crippen LogP contribution in [0.1, 0.15) is 0 Å². The minimum atomic E-state index is 0.443. The number of nitrogens with zero attached hydrogens (tertiary/aromatic N) is 6. The lowest BCUT2D eigenvalue weighted by Gasteiger charge is -2.29. The standard InChI is InChI=1S/C66H42N6O2/c1-4-19-43(20-5-1)63-67-69-65(73-63)47-25-16-23-45(41-47)60-54-31-10-11-32-55(54)61(46-24-17-26-48(42-46)66-70-68-64(74-66)44-21-6-2-7-22-44)62-56(60)33-18-36-59(62)71(49-27-8-3-9-28-49)50-37-39-51(40-38-50)72-57-34-14-12-29-52(57)53-30-13-15-35-58(53)72/h1-42H. The van der Waals surface area contributed by atoms with Crippen molar-refractivity contribution in [3.05, 3.63) is 255 Å². The number of aromatic nitrogens is 5. The summed E-state index contributed by atoms with van der Waals surface area (Å²) in [5, 5.41) is 24.8. The molecule has 0 saturated carbocycles. The predicted octanol–water partition coefficient (Wildman–Crippen LogP) is 17.3. The summed E-state index contributed by atoms with van der Waals surface area (Å²) in [5.41, 5.74) is 14.0. The van der Waals surface area contributed by atoms with Crippen molar-refractivity contribution in [1.82, 2.24) is 25.0 Å². The van der Waals surface area contributed by atoms with Crippen molar-refractivity contribution in [2.24, 2.45) is 0 Å². The first-order chi connectivity index (χ1) is 36.7. The van der Waals surface area contributed by atoms with Crippen molar-refractivity contribution >= 4 is 60.4 Å². The van der Waals surface area contributed by atoms with E-state index in [0.717, 1.165) is 88.8 Å². The summed E-state index contributed by atoms with van der Waals surface area (Å²) < 4.78 is 15.1. The van der Waals surface area contributed by atoms with E-state index in [1.54, 1.807) is 0 Å². The van der Waals surface area contributed by atoms with Crippen LogP contribution in [0.15, 0.2) is 264 Å². The SMILES string of the molecule is c1ccc(-c2nnc(-c3cccc(-c4c5ccccc5c(-c5cccc(-c6nnc(-c7ccccc7)o6)c5)c5c(N(c6ccccc6)c6ccc(-n7c8ccccc8c8ccccc87)cc6)cccc45)c3)o2)cc1. The van der Waals surface area contributed by atoms with Crippen LogP contribution >= 0.6 is 0 Å². The first kappa shape index (κ1) is 42.7. The smallest absolute Gasteiger partial charge is 0.248 e. The molecule has 0 amide bonds. The van der Waals surface area contributed by atoms with E-state index >= 15 is 0 Å². The van der Waals surface area contributed by atoms with Crippen LogP contribution in [0.5, 0.6) is 0 Å². The molecule has 0 bridgehead atoms. The minimum Gasteiger partial charge on any atom is -0.416 e. The van der Waals surface area contributed by atoms with Gasteiger partial charge in [0.2, 0.25) is 23.6 Å². The van der Waals surface area contributed by atoms with Gasteiger partial charge in [-0.15, -0.1) is 20.4 Å². The topological polar surface area (TPSA) is 86.0 Å². The van der Waals surface area contributed by atoms with Crippen molar-refractivity contribution in [3.63, 3.8) is 0 Å². The van der Waals surface area contributed by atoms with Gasteiger partial charge in [0, 0.05) is 55.5 Å². The maximum absolute atomic E-state index is 6.38. The largest absolute Gasteiger partial charge is 0.416 e. The van der Waals surface area contributed by atoms with Gasteiger partial charge >= 0.3 is 0 Å². The van der Waals surface area contributed by atoms with Gasteiger partial charge in [0.1, 0.15) is 0 Å². The quantitative estimate of drug-likeness (QED) is 0.126. The summed E-state index contributed by atoms with van der Waals surface area (Å²) >= 11 is 0. The summed E-state index contributed by atoms with van der Waals surface area (Å²) in [5.74, 6) is 1.83. The number of benzene rings is 11. The monoisotopic (exact) mass is 950 g/mol. The summed E-state index contributed by atoms with van der Waals surface area (Å²) in [4.78, 5) is 2.38. The molecule has 0 spiro atoms. The fourth-order valence-corrected chi connectivity index (χ4v) is 10.7. The highest BCUT2D eigenvalue weighted by molar-refractivity contribution is 6.25. The van der Waals surface area contributed by atoms with Crippen molar-refractivity contribution in [2.75, 3.05) is 4.90 Å². The highest BCUT2D eigenvalue weighted by Gasteiger charge is 2.25. The van der Waals surface area contributed by atoms with E-state index in [1.807, 2.05) is 72.8 Å². The first-order valence-corrected chi connectivity index (χ1v) is 24.6. The van der Waals surface area contributed by atoms with Crippen LogP contribution in [0, 0.1) is 0 Å². The molecule has 14 rings (SSSR count). The third-order valence-electron chi connectivity index (χ3n) is 13.9. The van der Waals surface area contributed by atoms with E-state index < -0.39 is 0 Å². The van der Waals surface area contributed by atoms with Gasteiger partial charge in [-0.05, 0) is 142 Å². The Balaban J connectivity index is 1.00. The van der Waals surface area contributed by atoms with Gasteiger partial charge in [0.25, 0.3) is 0 Å². The Labute approximate surface area is 425 Å². The molecule has 11 aromatic carbocycles. The Morgan fingerprint density at radius 3 is 1.24 bits per heavy atom. The molecule has 0 atom stereocenters. The average molecular weight is 951 g/mol. The number of fused-ring (bicyclic) bond motifs is 5. The zero-order valence-corrected chi connectivity index (χ0v) is 39.7. The van der Waals surface area contributed by atoms with Crippen LogP contribution in [-0.2, 0) is 0 Å². The molecular weight excluding hydrogens is 909 g/mol. The van der Waals surface area contributed by atoms with E-state index in [0.29, 0.717) is 23.6 Å². The van der Waals surface area contributed by atoms with Crippen LogP contribution in [0.2, 0.25) is 0 Å². The second kappa shape index (κ2) is 17.9. The molecule has 8 heteroatoms. The van der Waals surface area contributed by atoms with Crippen molar-refractivity contribution in [1.29, 1.82) is 0 Å². The van der Waals surface area contributed by atoms with Crippen molar-refractivity contribution in [3.8, 4) is 73.8 Å². The Morgan fingerprint density at radius 2 is 0.689 bits per heavy atom. The molecule has 3 aromatic heterocycles. The number of hydrogen-bond acceptors (Lipinski definition) is 7. The lowest BCUT2D eigenvalue weighted by atomic mass is 9.84. The summed E-state index contributed by atoms with van der Waals surface area (Å²) in [6.07, 6.45) is 0. The molecule has 0 aliphatic rings. The van der Waals surface area contributed by atoms with Gasteiger partial charge in [-0.2, -0.15) is 0 Å². The second-order valence-electron chi connectivity index (χ2n) is 18.3. The molecule has 0 fully saturated rings. The molecule has 74 heavy (non-hydrogen) atoms. The van der Waals surface area contributed by atoms with Gasteiger partial charge < -0.3 is 18.3 Å². The molecule has 3 heterocycles. The third-order valence-corrected chi connectivity index (χ3v) is 13.9. The van der Waals surface area contributed by atoms with E-state index in [-0.39, 0.29) is 0 Å². The zero-order chi connectivity index (χ0) is 49.0. The molecule has 0 saturated heterocycles. The molecule has 0 unspecified atom stereocenters. The van der Waals surface area contributed by atoms with E-state index in [4.69, 9.17) is 8.83 Å². The van der Waals surface area contributed by atoms with E-state index in [2.05, 4.69) is 212 Å². The van der Waals surface area contributed by atoms with Crippen LogP contribution in [0.4, 0.5) is 17.1 Å². The van der Waals surface area contributed by atoms with Crippen LogP contribution in [-0.4, -0.2) is 25.0 Å². The van der Waals surface area contributed by atoms with Crippen LogP contribution < -0.4 is 4.90 Å². The van der Waals surface area contributed by atoms with Gasteiger partial charge in [0.15, 0.2) is 0 Å². The molecule has 8 nitrogen and oxygen atoms in total. The van der Waals surface area contributed by atoms with Gasteiger partial charge in [-0.25, -0.2) is 0 Å². The van der Waals surface area contributed by atoms with Crippen molar-refractivity contribution in [2.45, 2.75) is 0 Å². The number of hydrogen-bond donors (Lipinski definition) is 0. The molecular formula is C66H42N6O2. The Hall–Kier alpha value is -10.2. The minimum absolute atomic E-state index is 0.443. The summed E-state index contributed by atoms with van der Waals surface area (Å²) in [6, 6.07) is 88.9. The average Bonchev–Trinajstić information content (AvgIpc) is 4.26. The van der Waals surface area contributed by atoms with Crippen LogP contribution in [0.3, 0.4) is 0 Å². The third kappa shape index (κ3) is 7.31. The predicted molar refractivity (Wildman–Crippen MR) is 299 cm³/mol. The lowest BCUT2D eigenvalue weighted by Crippen LogP contribution is -2.11. The maximum Gasteiger partial charge on any atom is 0.248 e. The summed E-state index contributed by atoms with van der Waals surface area (Å²) in [7, 11) is 0. The van der Waals surface area contributed by atoms with E-state index in [1.165, 1.54) is 21.8 Å². The molecule has 0 radical (unpaired) electrons. The summed E-state index contributed by atoms with van der Waals surface area (Å²) in [6.45, 7) is 0. The Kier molecular flexibility index (Phi) is 10.3. The molecule has 0 aliphatic carbocycles. The van der Waals surface area contributed by atoms with Crippen LogP contribution in [0.25, 0.3) is 117 Å². The van der Waals surface area contributed by atoms with Crippen molar-refractivity contribution < 1.29 is 8.83 Å². The van der Waals surface area contributed by atoms with Gasteiger partial charge in [-0.1, -0.05) is 152 Å². The molecule has 0 aliphatic heterocycles. The second-order valence-corrected chi connectivity index (χ2v) is 18.3. The highest BCUT2D eigenvalue weighted by Crippen LogP contribution is 2.50. The highest BCUT2D eigenvalue weighted by atomic mass is 16.4. The number of rotatable bonds is 10. The fraction of sp³-hybridized carbons (Fsp3) is 0.